The van der Waals surface area contributed by atoms with Gasteiger partial charge in [0.05, 0.1) is 6.61 Å². The van der Waals surface area contributed by atoms with E-state index in [1.165, 1.54) is 25.5 Å². The summed E-state index contributed by atoms with van der Waals surface area (Å²) in [4.78, 5) is 9.04. The molecular formula is C19H32FIN4O. The van der Waals surface area contributed by atoms with Crippen molar-refractivity contribution in [1.29, 1.82) is 0 Å². The number of likely N-dealkylation sites (N-methyl/N-ethyl adjacent to an activating group) is 2. The average molecular weight is 478 g/mol. The van der Waals surface area contributed by atoms with Gasteiger partial charge in [0.2, 0.25) is 0 Å². The van der Waals surface area contributed by atoms with E-state index in [0.29, 0.717) is 24.9 Å². The Balaban J connectivity index is 0.00000338. The van der Waals surface area contributed by atoms with Crippen LogP contribution in [0.4, 0.5) is 4.39 Å². The van der Waals surface area contributed by atoms with Crippen LogP contribution >= 0.6 is 24.0 Å². The van der Waals surface area contributed by atoms with E-state index in [1.54, 1.807) is 13.1 Å². The number of hydrogen-bond donors (Lipinski definition) is 1. The lowest BCUT2D eigenvalue weighted by molar-refractivity contribution is 0.232. The van der Waals surface area contributed by atoms with Gasteiger partial charge in [-0.25, -0.2) is 4.39 Å². The monoisotopic (exact) mass is 478 g/mol. The number of rotatable bonds is 7. The van der Waals surface area contributed by atoms with Crippen molar-refractivity contribution in [1.82, 2.24) is 15.1 Å². The Morgan fingerprint density at radius 2 is 2.19 bits per heavy atom. The number of ether oxygens (including phenoxy) is 1. The van der Waals surface area contributed by atoms with E-state index in [2.05, 4.69) is 34.1 Å². The standard InChI is InChI=1S/C19H31FN4O.HI/c1-5-24-11-7-8-16(24)14-23(4)19(21-3)22-13-15-9-10-18(25-6-2)17(20)12-15;/h9-10,12,16H,5-8,11,13-14H2,1-4H3,(H,21,22);1H. The third-order valence-corrected chi connectivity index (χ3v) is 4.71. The van der Waals surface area contributed by atoms with Crippen LogP contribution in [0.3, 0.4) is 0 Å². The van der Waals surface area contributed by atoms with Crippen molar-refractivity contribution < 1.29 is 9.13 Å². The molecule has 2 rings (SSSR count). The molecule has 0 aliphatic carbocycles. The van der Waals surface area contributed by atoms with Crippen LogP contribution in [0.25, 0.3) is 0 Å². The first-order valence-electron chi connectivity index (χ1n) is 9.16. The molecule has 1 aromatic carbocycles. The van der Waals surface area contributed by atoms with Gasteiger partial charge in [-0.05, 0) is 50.6 Å². The molecule has 7 heteroatoms. The van der Waals surface area contributed by atoms with Crippen molar-refractivity contribution in [3.05, 3.63) is 29.6 Å². The number of guanidine groups is 1. The summed E-state index contributed by atoms with van der Waals surface area (Å²) < 4.78 is 19.2. The van der Waals surface area contributed by atoms with Crippen LogP contribution in [-0.2, 0) is 6.54 Å². The van der Waals surface area contributed by atoms with Gasteiger partial charge in [0, 0.05) is 33.2 Å². The number of benzene rings is 1. The van der Waals surface area contributed by atoms with E-state index in [0.717, 1.165) is 24.6 Å². The lowest BCUT2D eigenvalue weighted by atomic mass is 10.2. The van der Waals surface area contributed by atoms with Crippen molar-refractivity contribution in [2.24, 2.45) is 4.99 Å². The van der Waals surface area contributed by atoms with Crippen LogP contribution in [0.15, 0.2) is 23.2 Å². The fourth-order valence-corrected chi connectivity index (χ4v) is 3.41. The Kier molecular flexibility index (Phi) is 10.2. The Hall–Kier alpha value is -1.09. The van der Waals surface area contributed by atoms with E-state index < -0.39 is 0 Å². The molecule has 26 heavy (non-hydrogen) atoms. The fourth-order valence-electron chi connectivity index (χ4n) is 3.41. The zero-order valence-corrected chi connectivity index (χ0v) is 18.6. The van der Waals surface area contributed by atoms with Crippen molar-refractivity contribution in [2.45, 2.75) is 39.3 Å². The zero-order chi connectivity index (χ0) is 18.2. The van der Waals surface area contributed by atoms with E-state index in [-0.39, 0.29) is 29.8 Å². The lowest BCUT2D eigenvalue weighted by Crippen LogP contribution is -2.45. The highest BCUT2D eigenvalue weighted by Crippen LogP contribution is 2.19. The number of halogens is 2. The molecule has 1 fully saturated rings. The fraction of sp³-hybridized carbons (Fsp3) is 0.632. The maximum absolute atomic E-state index is 14.0. The molecule has 0 bridgehead atoms. The molecule has 1 heterocycles. The summed E-state index contributed by atoms with van der Waals surface area (Å²) >= 11 is 0. The number of aliphatic imine (C=N–C) groups is 1. The Morgan fingerprint density at radius 3 is 2.81 bits per heavy atom. The van der Waals surface area contributed by atoms with Crippen LogP contribution in [-0.4, -0.2) is 62.1 Å². The summed E-state index contributed by atoms with van der Waals surface area (Å²) in [5, 5.41) is 3.32. The molecule has 1 atom stereocenters. The first kappa shape index (κ1) is 23.0. The maximum Gasteiger partial charge on any atom is 0.193 e. The third kappa shape index (κ3) is 6.26. The molecule has 0 aromatic heterocycles. The first-order valence-corrected chi connectivity index (χ1v) is 9.16. The summed E-state index contributed by atoms with van der Waals surface area (Å²) in [6, 6.07) is 5.65. The highest BCUT2D eigenvalue weighted by atomic mass is 127. The molecule has 0 amide bonds. The van der Waals surface area contributed by atoms with E-state index in [1.807, 2.05) is 13.0 Å². The van der Waals surface area contributed by atoms with Gasteiger partial charge in [0.25, 0.3) is 0 Å². The first-order chi connectivity index (χ1) is 12.1. The summed E-state index contributed by atoms with van der Waals surface area (Å²) in [5.41, 5.74) is 0.867. The highest BCUT2D eigenvalue weighted by Gasteiger charge is 2.24. The molecule has 1 aromatic rings. The smallest absolute Gasteiger partial charge is 0.193 e. The predicted molar refractivity (Wildman–Crippen MR) is 116 cm³/mol. The molecule has 1 saturated heterocycles. The van der Waals surface area contributed by atoms with Crippen LogP contribution in [0.2, 0.25) is 0 Å². The van der Waals surface area contributed by atoms with Gasteiger partial charge in [-0.1, -0.05) is 13.0 Å². The summed E-state index contributed by atoms with van der Waals surface area (Å²) in [6.07, 6.45) is 2.50. The van der Waals surface area contributed by atoms with E-state index >= 15 is 0 Å². The van der Waals surface area contributed by atoms with Crippen molar-refractivity contribution >= 4 is 29.9 Å². The van der Waals surface area contributed by atoms with E-state index in [4.69, 9.17) is 4.74 Å². The summed E-state index contributed by atoms with van der Waals surface area (Å²) in [6.45, 7) is 8.28. The number of nitrogens with zero attached hydrogens (tertiary/aromatic N) is 3. The van der Waals surface area contributed by atoms with Gasteiger partial charge in [0.1, 0.15) is 0 Å². The maximum atomic E-state index is 14.0. The summed E-state index contributed by atoms with van der Waals surface area (Å²) in [5.74, 6) is 0.805. The highest BCUT2D eigenvalue weighted by molar-refractivity contribution is 14.0. The van der Waals surface area contributed by atoms with Crippen LogP contribution in [0, 0.1) is 5.82 Å². The Bertz CT molecular complexity index is 585. The second-order valence-electron chi connectivity index (χ2n) is 6.40. The van der Waals surface area contributed by atoms with E-state index in [9.17, 15) is 4.39 Å². The van der Waals surface area contributed by atoms with Gasteiger partial charge in [-0.2, -0.15) is 0 Å². The van der Waals surface area contributed by atoms with Crippen LogP contribution < -0.4 is 10.1 Å². The molecule has 0 saturated carbocycles. The van der Waals surface area contributed by atoms with Gasteiger partial charge >= 0.3 is 0 Å². The van der Waals surface area contributed by atoms with Crippen molar-refractivity contribution in [3.8, 4) is 5.75 Å². The van der Waals surface area contributed by atoms with Crippen LogP contribution in [0.5, 0.6) is 5.75 Å². The van der Waals surface area contributed by atoms with Crippen molar-refractivity contribution in [2.75, 3.05) is 40.3 Å². The van der Waals surface area contributed by atoms with Gasteiger partial charge in [-0.3, -0.25) is 9.89 Å². The second kappa shape index (κ2) is 11.6. The lowest BCUT2D eigenvalue weighted by Gasteiger charge is -2.29. The Labute approximate surface area is 174 Å². The van der Waals surface area contributed by atoms with Gasteiger partial charge in [0.15, 0.2) is 17.5 Å². The third-order valence-electron chi connectivity index (χ3n) is 4.71. The molecule has 5 nitrogen and oxygen atoms in total. The predicted octanol–water partition coefficient (Wildman–Crippen LogP) is 3.33. The molecule has 1 unspecified atom stereocenters. The second-order valence-corrected chi connectivity index (χ2v) is 6.40. The molecule has 148 valence electrons. The topological polar surface area (TPSA) is 40.1 Å². The molecule has 1 N–H and O–H groups in total. The molecule has 1 aliphatic rings. The van der Waals surface area contributed by atoms with Gasteiger partial charge in [-0.15, -0.1) is 24.0 Å². The largest absolute Gasteiger partial charge is 0.491 e. The van der Waals surface area contributed by atoms with Gasteiger partial charge < -0.3 is 15.0 Å². The number of likely N-dealkylation sites (tertiary alicyclic amines) is 1. The quantitative estimate of drug-likeness (QED) is 0.371. The zero-order valence-electron chi connectivity index (χ0n) is 16.3. The molecule has 0 spiro atoms. The normalized spacial score (nSPS) is 17.7. The average Bonchev–Trinajstić information content (AvgIpc) is 3.05. The summed E-state index contributed by atoms with van der Waals surface area (Å²) in [7, 11) is 3.84. The van der Waals surface area contributed by atoms with Crippen molar-refractivity contribution in [3.63, 3.8) is 0 Å². The minimum Gasteiger partial charge on any atom is -0.491 e. The SMILES string of the molecule is CCOc1ccc(CNC(=NC)N(C)CC2CCCN2CC)cc1F.I. The number of nitrogens with one attached hydrogen (secondary N) is 1. The molecule has 0 radical (unpaired) electrons. The molecular weight excluding hydrogens is 446 g/mol. The molecule has 1 aliphatic heterocycles. The minimum absolute atomic E-state index is 0. The minimum atomic E-state index is -0.325. The Morgan fingerprint density at radius 1 is 1.42 bits per heavy atom. The number of hydrogen-bond acceptors (Lipinski definition) is 3. The van der Waals surface area contributed by atoms with Crippen LogP contribution in [0.1, 0.15) is 32.3 Å².